The van der Waals surface area contributed by atoms with Crippen molar-refractivity contribution in [2.24, 2.45) is 0 Å². The minimum Gasteiger partial charge on any atom is -0.377 e. The number of ketones is 1. The third-order valence-corrected chi connectivity index (χ3v) is 4.02. The Morgan fingerprint density at radius 1 is 1.61 bits per heavy atom. The number of hydrogen-bond donors (Lipinski definition) is 0. The van der Waals surface area contributed by atoms with Crippen LogP contribution < -0.4 is 4.90 Å². The van der Waals surface area contributed by atoms with E-state index in [1.165, 1.54) is 0 Å². The molecule has 0 aromatic carbocycles. The van der Waals surface area contributed by atoms with E-state index in [0.717, 1.165) is 11.4 Å². The smallest absolute Gasteiger partial charge is 0.224 e. The van der Waals surface area contributed by atoms with Gasteiger partial charge in [-0.1, -0.05) is 6.92 Å². The second kappa shape index (κ2) is 4.17. The zero-order valence-electron chi connectivity index (χ0n) is 10.1. The summed E-state index contributed by atoms with van der Waals surface area (Å²) in [5.74, 6) is 0.975. The van der Waals surface area contributed by atoms with Gasteiger partial charge in [-0.2, -0.15) is 0 Å². The molecule has 18 heavy (non-hydrogen) atoms. The molecule has 1 fully saturated rings. The van der Waals surface area contributed by atoms with Gasteiger partial charge in [-0.05, 0) is 18.0 Å². The van der Waals surface area contributed by atoms with Crippen LogP contribution in [0.1, 0.15) is 18.9 Å². The first-order chi connectivity index (χ1) is 8.67. The highest BCUT2D eigenvalue weighted by Crippen LogP contribution is 2.37. The number of ether oxygens (including phenoxy) is 1. The number of anilines is 1. The molecule has 1 unspecified atom stereocenters. The molecule has 0 amide bonds. The van der Waals surface area contributed by atoms with Crippen molar-refractivity contribution in [3.63, 3.8) is 0 Å². The van der Waals surface area contributed by atoms with Gasteiger partial charge in [0, 0.05) is 24.7 Å². The van der Waals surface area contributed by atoms with Crippen LogP contribution in [-0.2, 0) is 16.0 Å². The molecule has 2 aliphatic rings. The van der Waals surface area contributed by atoms with Gasteiger partial charge in [0.25, 0.3) is 0 Å². The van der Waals surface area contributed by atoms with Crippen molar-refractivity contribution in [3.8, 4) is 0 Å². The van der Waals surface area contributed by atoms with Crippen LogP contribution in [0.25, 0.3) is 0 Å². The van der Waals surface area contributed by atoms with Gasteiger partial charge in [0.2, 0.25) is 5.28 Å². The predicted molar refractivity (Wildman–Crippen MR) is 66.9 cm³/mol. The maximum atomic E-state index is 12.4. The molecule has 0 radical (unpaired) electrons. The fourth-order valence-corrected chi connectivity index (χ4v) is 2.92. The molecule has 1 saturated heterocycles. The van der Waals surface area contributed by atoms with Gasteiger partial charge < -0.3 is 9.64 Å². The number of aromatic nitrogens is 2. The van der Waals surface area contributed by atoms with Crippen molar-refractivity contribution in [2.75, 3.05) is 24.7 Å². The molecule has 96 valence electrons. The van der Waals surface area contributed by atoms with E-state index in [4.69, 9.17) is 16.3 Å². The first-order valence-electron chi connectivity index (χ1n) is 6.07. The zero-order valence-corrected chi connectivity index (χ0v) is 10.9. The van der Waals surface area contributed by atoms with Crippen LogP contribution in [0.5, 0.6) is 0 Å². The summed E-state index contributed by atoms with van der Waals surface area (Å²) < 4.78 is 5.51. The van der Waals surface area contributed by atoms with Crippen molar-refractivity contribution < 1.29 is 9.53 Å². The van der Waals surface area contributed by atoms with Crippen LogP contribution in [0.3, 0.4) is 0 Å². The Labute approximate surface area is 110 Å². The molecule has 3 rings (SSSR count). The normalized spacial score (nSPS) is 26.8. The molecule has 0 spiro atoms. The van der Waals surface area contributed by atoms with E-state index in [1.807, 2.05) is 11.8 Å². The van der Waals surface area contributed by atoms with E-state index in [2.05, 4.69) is 9.97 Å². The van der Waals surface area contributed by atoms with Gasteiger partial charge in [0.15, 0.2) is 5.78 Å². The van der Waals surface area contributed by atoms with Gasteiger partial charge in [-0.3, -0.25) is 4.79 Å². The van der Waals surface area contributed by atoms with Gasteiger partial charge in [0.05, 0.1) is 13.2 Å². The topological polar surface area (TPSA) is 55.3 Å². The Hall–Kier alpha value is -1.20. The summed E-state index contributed by atoms with van der Waals surface area (Å²) in [4.78, 5) is 22.7. The van der Waals surface area contributed by atoms with E-state index in [0.29, 0.717) is 32.6 Å². The lowest BCUT2D eigenvalue weighted by atomic mass is 9.82. The Kier molecular flexibility index (Phi) is 2.75. The summed E-state index contributed by atoms with van der Waals surface area (Å²) >= 11 is 5.87. The van der Waals surface area contributed by atoms with E-state index in [1.54, 1.807) is 6.20 Å². The third-order valence-electron chi connectivity index (χ3n) is 3.84. The molecule has 0 aliphatic carbocycles. The van der Waals surface area contributed by atoms with Crippen molar-refractivity contribution in [2.45, 2.75) is 25.3 Å². The number of Topliss-reactive ketones (excluding diaryl/α,β-unsaturated/α-hetero) is 1. The zero-order chi connectivity index (χ0) is 12.8. The highest BCUT2D eigenvalue weighted by Gasteiger charge is 2.49. The summed E-state index contributed by atoms with van der Waals surface area (Å²) in [6, 6.07) is 0. The van der Waals surface area contributed by atoms with Crippen molar-refractivity contribution >= 4 is 23.2 Å². The van der Waals surface area contributed by atoms with Crippen LogP contribution in [0.4, 0.5) is 5.82 Å². The number of carbonyl (C=O) groups is 1. The fraction of sp³-hybridized carbons (Fsp3) is 0.583. The highest BCUT2D eigenvalue weighted by atomic mass is 35.5. The number of morpholine rings is 1. The van der Waals surface area contributed by atoms with Gasteiger partial charge in [-0.15, -0.1) is 0 Å². The molecule has 3 heterocycles. The van der Waals surface area contributed by atoms with Crippen LogP contribution in [0, 0.1) is 0 Å². The van der Waals surface area contributed by atoms with Crippen LogP contribution >= 0.6 is 11.6 Å². The number of hydrogen-bond acceptors (Lipinski definition) is 5. The quantitative estimate of drug-likeness (QED) is 0.717. The first-order valence-corrected chi connectivity index (χ1v) is 6.45. The minimum atomic E-state index is -0.567. The molecular weight excluding hydrogens is 254 g/mol. The maximum Gasteiger partial charge on any atom is 0.224 e. The standard InChI is InChI=1S/C12H14ClN3O2/c1-2-12-7-18-4-3-16(12)10-8(5-9(12)17)6-14-11(13)15-10/h6H,2-5,7H2,1H3. The molecule has 0 saturated carbocycles. The summed E-state index contributed by atoms with van der Waals surface area (Å²) in [6.07, 6.45) is 2.73. The Bertz CT molecular complexity index is 508. The Morgan fingerprint density at radius 2 is 2.44 bits per heavy atom. The first kappa shape index (κ1) is 11.9. The fourth-order valence-electron chi connectivity index (χ4n) is 2.79. The summed E-state index contributed by atoms with van der Waals surface area (Å²) in [5, 5.41) is 0.222. The molecule has 1 aromatic rings. The van der Waals surface area contributed by atoms with E-state index in [9.17, 15) is 4.79 Å². The van der Waals surface area contributed by atoms with Crippen LogP contribution in [0.2, 0.25) is 5.28 Å². The molecule has 1 atom stereocenters. The lowest BCUT2D eigenvalue weighted by Gasteiger charge is -2.49. The number of rotatable bonds is 1. The van der Waals surface area contributed by atoms with E-state index < -0.39 is 5.54 Å². The molecule has 2 aliphatic heterocycles. The van der Waals surface area contributed by atoms with Crippen molar-refractivity contribution in [3.05, 3.63) is 17.0 Å². The lowest BCUT2D eigenvalue weighted by molar-refractivity contribution is -0.128. The SMILES string of the molecule is CCC12COCCN1c1nc(Cl)ncc1CC2=O. The lowest BCUT2D eigenvalue weighted by Crippen LogP contribution is -2.64. The van der Waals surface area contributed by atoms with Crippen LogP contribution in [0.15, 0.2) is 6.20 Å². The summed E-state index contributed by atoms with van der Waals surface area (Å²) in [7, 11) is 0. The monoisotopic (exact) mass is 267 g/mol. The average Bonchev–Trinajstić information content (AvgIpc) is 2.40. The third kappa shape index (κ3) is 1.54. The van der Waals surface area contributed by atoms with Crippen LogP contribution in [-0.4, -0.2) is 41.0 Å². The second-order valence-electron chi connectivity index (χ2n) is 4.68. The van der Waals surface area contributed by atoms with Gasteiger partial charge >= 0.3 is 0 Å². The van der Waals surface area contributed by atoms with E-state index >= 15 is 0 Å². The summed E-state index contributed by atoms with van der Waals surface area (Å²) in [5.41, 5.74) is 0.290. The van der Waals surface area contributed by atoms with Crippen molar-refractivity contribution in [1.29, 1.82) is 0 Å². The number of halogens is 1. The molecule has 0 bridgehead atoms. The Balaban J connectivity index is 2.14. The number of carbonyl (C=O) groups excluding carboxylic acids is 1. The van der Waals surface area contributed by atoms with Crippen molar-refractivity contribution in [1.82, 2.24) is 9.97 Å². The number of nitrogens with zero attached hydrogens (tertiary/aromatic N) is 3. The molecule has 5 nitrogen and oxygen atoms in total. The molecule has 1 aromatic heterocycles. The number of fused-ring (bicyclic) bond motifs is 3. The predicted octanol–water partition coefficient (Wildman–Crippen LogP) is 1.24. The second-order valence-corrected chi connectivity index (χ2v) is 5.02. The molecule has 6 heteroatoms. The van der Waals surface area contributed by atoms with E-state index in [-0.39, 0.29) is 11.1 Å². The molecular formula is C12H14ClN3O2. The Morgan fingerprint density at radius 3 is 3.22 bits per heavy atom. The largest absolute Gasteiger partial charge is 0.377 e. The van der Waals surface area contributed by atoms with Gasteiger partial charge in [-0.25, -0.2) is 9.97 Å². The highest BCUT2D eigenvalue weighted by molar-refractivity contribution is 6.28. The minimum absolute atomic E-state index is 0.183. The summed E-state index contributed by atoms with van der Waals surface area (Å²) in [6.45, 7) is 3.72. The maximum absolute atomic E-state index is 12.4. The average molecular weight is 268 g/mol. The molecule has 0 N–H and O–H groups in total. The van der Waals surface area contributed by atoms with Gasteiger partial charge in [0.1, 0.15) is 11.4 Å².